The first-order valence-corrected chi connectivity index (χ1v) is 6.76. The van der Waals surface area contributed by atoms with Gasteiger partial charge in [-0.25, -0.2) is 0 Å². The lowest BCUT2D eigenvalue weighted by Crippen LogP contribution is -2.19. The van der Waals surface area contributed by atoms with Gasteiger partial charge in [-0.15, -0.1) is 10.2 Å². The van der Waals surface area contributed by atoms with Crippen molar-refractivity contribution in [3.8, 4) is 6.07 Å². The number of rotatable bonds is 3. The number of aryl methyl sites for hydroxylation is 1. The lowest BCUT2D eigenvalue weighted by atomic mass is 10.1. The lowest BCUT2D eigenvalue weighted by molar-refractivity contribution is 0.319. The summed E-state index contributed by atoms with van der Waals surface area (Å²) in [6.45, 7) is 4.70. The standard InChI is InChI=1S/C15H16N4O/c1-11-17-18-15(20-11)14-6-7-19(10-14)9-13-4-2-12(8-16)3-5-13/h2-5,14H,6-7,9-10H2,1H3/t14-/m0/s1. The third kappa shape index (κ3) is 2.70. The number of benzene rings is 1. The summed E-state index contributed by atoms with van der Waals surface area (Å²) in [4.78, 5) is 2.38. The van der Waals surface area contributed by atoms with E-state index in [1.807, 2.05) is 31.2 Å². The fraction of sp³-hybridized carbons (Fsp3) is 0.400. The zero-order chi connectivity index (χ0) is 13.9. The zero-order valence-electron chi connectivity index (χ0n) is 11.4. The van der Waals surface area contributed by atoms with E-state index in [1.54, 1.807) is 0 Å². The molecule has 5 nitrogen and oxygen atoms in total. The van der Waals surface area contributed by atoms with Crippen molar-refractivity contribution in [2.45, 2.75) is 25.8 Å². The number of aromatic nitrogens is 2. The average molecular weight is 268 g/mol. The zero-order valence-corrected chi connectivity index (χ0v) is 11.4. The molecule has 0 saturated carbocycles. The average Bonchev–Trinajstić information content (AvgIpc) is 3.09. The Labute approximate surface area is 117 Å². The van der Waals surface area contributed by atoms with Gasteiger partial charge in [-0.3, -0.25) is 4.90 Å². The van der Waals surface area contributed by atoms with Crippen LogP contribution in [0.25, 0.3) is 0 Å². The molecule has 1 atom stereocenters. The Balaban J connectivity index is 1.61. The summed E-state index contributed by atoms with van der Waals surface area (Å²) in [5.41, 5.74) is 1.93. The van der Waals surface area contributed by atoms with Gasteiger partial charge >= 0.3 is 0 Å². The van der Waals surface area contributed by atoms with Crippen LogP contribution in [0.5, 0.6) is 0 Å². The van der Waals surface area contributed by atoms with Crippen LogP contribution in [0, 0.1) is 18.3 Å². The first-order valence-electron chi connectivity index (χ1n) is 6.76. The minimum absolute atomic E-state index is 0.342. The highest BCUT2D eigenvalue weighted by molar-refractivity contribution is 5.31. The van der Waals surface area contributed by atoms with Gasteiger partial charge in [0.1, 0.15) is 0 Å². The molecule has 1 aliphatic heterocycles. The van der Waals surface area contributed by atoms with Gasteiger partial charge in [0.25, 0.3) is 0 Å². The Kier molecular flexibility index (Phi) is 3.48. The minimum atomic E-state index is 0.342. The van der Waals surface area contributed by atoms with Gasteiger partial charge in [0.15, 0.2) is 0 Å². The van der Waals surface area contributed by atoms with Crippen molar-refractivity contribution in [1.82, 2.24) is 15.1 Å². The molecule has 0 spiro atoms. The van der Waals surface area contributed by atoms with E-state index in [9.17, 15) is 0 Å². The maximum absolute atomic E-state index is 8.79. The van der Waals surface area contributed by atoms with Crippen LogP contribution in [0.4, 0.5) is 0 Å². The lowest BCUT2D eigenvalue weighted by Gasteiger charge is -2.15. The van der Waals surface area contributed by atoms with Crippen LogP contribution in [0.3, 0.4) is 0 Å². The fourth-order valence-electron chi connectivity index (χ4n) is 2.60. The molecule has 1 aliphatic rings. The van der Waals surface area contributed by atoms with E-state index >= 15 is 0 Å². The minimum Gasteiger partial charge on any atom is -0.425 e. The largest absolute Gasteiger partial charge is 0.425 e. The van der Waals surface area contributed by atoms with Crippen molar-refractivity contribution >= 4 is 0 Å². The molecular formula is C15H16N4O. The summed E-state index contributed by atoms with van der Waals surface area (Å²) >= 11 is 0. The monoisotopic (exact) mass is 268 g/mol. The molecule has 102 valence electrons. The van der Waals surface area contributed by atoms with E-state index in [4.69, 9.17) is 9.68 Å². The van der Waals surface area contributed by atoms with Crippen LogP contribution < -0.4 is 0 Å². The normalized spacial score (nSPS) is 19.1. The van der Waals surface area contributed by atoms with Crippen molar-refractivity contribution in [3.05, 3.63) is 47.2 Å². The Hall–Kier alpha value is -2.19. The quantitative estimate of drug-likeness (QED) is 0.854. The van der Waals surface area contributed by atoms with Crippen LogP contribution in [0.1, 0.15) is 35.2 Å². The summed E-state index contributed by atoms with van der Waals surface area (Å²) in [6, 6.07) is 9.90. The molecule has 1 saturated heterocycles. The first-order chi connectivity index (χ1) is 9.74. The number of nitrogens with zero attached hydrogens (tertiary/aromatic N) is 4. The van der Waals surface area contributed by atoms with Crippen molar-refractivity contribution < 1.29 is 4.42 Å². The van der Waals surface area contributed by atoms with E-state index in [0.29, 0.717) is 17.4 Å². The van der Waals surface area contributed by atoms with E-state index in [-0.39, 0.29) is 0 Å². The van der Waals surface area contributed by atoms with E-state index < -0.39 is 0 Å². The molecule has 1 aromatic heterocycles. The molecule has 0 aliphatic carbocycles. The maximum Gasteiger partial charge on any atom is 0.220 e. The summed E-state index contributed by atoms with van der Waals surface area (Å²) in [6.07, 6.45) is 1.05. The number of likely N-dealkylation sites (tertiary alicyclic amines) is 1. The summed E-state index contributed by atoms with van der Waals surface area (Å²) in [7, 11) is 0. The molecule has 0 N–H and O–H groups in total. The summed E-state index contributed by atoms with van der Waals surface area (Å²) < 4.78 is 5.51. The van der Waals surface area contributed by atoms with Gasteiger partial charge in [-0.05, 0) is 30.7 Å². The Morgan fingerprint density at radius 1 is 1.35 bits per heavy atom. The van der Waals surface area contributed by atoms with Crippen molar-refractivity contribution in [2.75, 3.05) is 13.1 Å². The molecule has 1 aromatic carbocycles. The Bertz CT molecular complexity index is 626. The summed E-state index contributed by atoms with van der Waals surface area (Å²) in [5.74, 6) is 1.73. The van der Waals surface area contributed by atoms with Gasteiger partial charge < -0.3 is 4.42 Å². The summed E-state index contributed by atoms with van der Waals surface area (Å²) in [5, 5.41) is 16.8. The molecule has 0 bridgehead atoms. The highest BCUT2D eigenvalue weighted by atomic mass is 16.4. The van der Waals surface area contributed by atoms with Crippen molar-refractivity contribution in [2.24, 2.45) is 0 Å². The maximum atomic E-state index is 8.79. The fourth-order valence-corrected chi connectivity index (χ4v) is 2.60. The number of hydrogen-bond acceptors (Lipinski definition) is 5. The van der Waals surface area contributed by atoms with Crippen LogP contribution in [0.2, 0.25) is 0 Å². The molecule has 20 heavy (non-hydrogen) atoms. The van der Waals surface area contributed by atoms with E-state index in [2.05, 4.69) is 21.2 Å². The first kappa shape index (κ1) is 12.8. The predicted octanol–water partition coefficient (Wildman–Crippen LogP) is 2.24. The van der Waals surface area contributed by atoms with E-state index in [0.717, 1.165) is 31.9 Å². The molecule has 5 heteroatoms. The van der Waals surface area contributed by atoms with Gasteiger partial charge in [-0.2, -0.15) is 5.26 Å². The van der Waals surface area contributed by atoms with Gasteiger partial charge in [0, 0.05) is 20.0 Å². The molecule has 0 amide bonds. The second-order valence-corrected chi connectivity index (χ2v) is 5.19. The molecule has 2 heterocycles. The van der Waals surface area contributed by atoms with Gasteiger partial charge in [0.05, 0.1) is 17.6 Å². The Morgan fingerprint density at radius 3 is 2.80 bits per heavy atom. The van der Waals surface area contributed by atoms with Crippen LogP contribution in [0.15, 0.2) is 28.7 Å². The van der Waals surface area contributed by atoms with E-state index in [1.165, 1.54) is 5.56 Å². The number of nitriles is 1. The third-order valence-corrected chi connectivity index (χ3v) is 3.65. The second kappa shape index (κ2) is 5.43. The molecular weight excluding hydrogens is 252 g/mol. The highest BCUT2D eigenvalue weighted by Gasteiger charge is 2.27. The predicted molar refractivity (Wildman–Crippen MR) is 72.8 cm³/mol. The van der Waals surface area contributed by atoms with Crippen molar-refractivity contribution in [3.63, 3.8) is 0 Å². The van der Waals surface area contributed by atoms with Gasteiger partial charge in [0.2, 0.25) is 11.8 Å². The molecule has 1 fully saturated rings. The smallest absolute Gasteiger partial charge is 0.220 e. The second-order valence-electron chi connectivity index (χ2n) is 5.19. The highest BCUT2D eigenvalue weighted by Crippen LogP contribution is 2.27. The van der Waals surface area contributed by atoms with Crippen molar-refractivity contribution in [1.29, 1.82) is 5.26 Å². The molecule has 2 aromatic rings. The SMILES string of the molecule is Cc1nnc([C@H]2CCN(Cc3ccc(C#N)cc3)C2)o1. The molecule has 0 radical (unpaired) electrons. The molecule has 3 rings (SSSR count). The molecule has 0 unspecified atom stereocenters. The topological polar surface area (TPSA) is 66.0 Å². The van der Waals surface area contributed by atoms with Gasteiger partial charge in [-0.1, -0.05) is 12.1 Å². The third-order valence-electron chi connectivity index (χ3n) is 3.65. The Morgan fingerprint density at radius 2 is 2.15 bits per heavy atom. The van der Waals surface area contributed by atoms with Crippen LogP contribution >= 0.6 is 0 Å². The van der Waals surface area contributed by atoms with Crippen LogP contribution in [-0.4, -0.2) is 28.2 Å². The van der Waals surface area contributed by atoms with Crippen LogP contribution in [-0.2, 0) is 6.54 Å². The number of hydrogen-bond donors (Lipinski definition) is 0.